The maximum Gasteiger partial charge on any atom is 0.305 e. The van der Waals surface area contributed by atoms with Crippen molar-refractivity contribution < 1.29 is 28.3 Å². The number of nitrogens with zero attached hydrogens (tertiary/aromatic N) is 2. The second-order valence-corrected chi connectivity index (χ2v) is 8.71. The molecule has 1 heterocycles. The van der Waals surface area contributed by atoms with Gasteiger partial charge in [-0.3, -0.25) is 9.59 Å². The molecule has 190 valence electrons. The van der Waals surface area contributed by atoms with Crippen LogP contribution in [0.4, 0.5) is 4.39 Å². The number of aryl methyl sites for hydroxylation is 1. The number of rotatable bonds is 9. The number of aliphatic carboxylic acids is 1. The molecule has 2 N–H and O–H groups in total. The van der Waals surface area contributed by atoms with E-state index in [1.54, 1.807) is 7.11 Å². The van der Waals surface area contributed by atoms with Crippen LogP contribution in [-0.4, -0.2) is 40.3 Å². The lowest BCUT2D eigenvalue weighted by atomic mass is 9.94. The molecule has 37 heavy (non-hydrogen) atoms. The number of amides is 1. The van der Waals surface area contributed by atoms with Gasteiger partial charge in [-0.15, -0.1) is 0 Å². The maximum atomic E-state index is 14.7. The lowest BCUT2D eigenvalue weighted by Gasteiger charge is -2.12. The van der Waals surface area contributed by atoms with E-state index in [2.05, 4.69) is 34.5 Å². The third-order valence-corrected chi connectivity index (χ3v) is 5.84. The van der Waals surface area contributed by atoms with E-state index in [9.17, 15) is 14.0 Å². The Balaban J connectivity index is 1.58. The van der Waals surface area contributed by atoms with Gasteiger partial charge in [-0.25, -0.2) is 4.39 Å². The van der Waals surface area contributed by atoms with Crippen molar-refractivity contribution in [1.82, 2.24) is 15.5 Å². The van der Waals surface area contributed by atoms with Crippen LogP contribution in [0, 0.1) is 12.7 Å². The molecule has 0 radical (unpaired) electrons. The van der Waals surface area contributed by atoms with Gasteiger partial charge in [-0.1, -0.05) is 41.6 Å². The molecule has 0 aliphatic carbocycles. The van der Waals surface area contributed by atoms with Crippen LogP contribution in [0.1, 0.15) is 34.8 Å². The fourth-order valence-electron chi connectivity index (χ4n) is 4.05. The second kappa shape index (κ2) is 11.1. The second-order valence-electron chi connectivity index (χ2n) is 8.71. The summed E-state index contributed by atoms with van der Waals surface area (Å²) in [4.78, 5) is 27.5. The van der Waals surface area contributed by atoms with Gasteiger partial charge < -0.3 is 19.7 Å². The fourth-order valence-corrected chi connectivity index (χ4v) is 4.05. The van der Waals surface area contributed by atoms with Crippen molar-refractivity contribution in [3.05, 3.63) is 83.2 Å². The maximum absolute atomic E-state index is 14.7. The molecule has 8 nitrogen and oxygen atoms in total. The zero-order valence-corrected chi connectivity index (χ0v) is 20.6. The van der Waals surface area contributed by atoms with Crippen molar-refractivity contribution in [3.63, 3.8) is 0 Å². The monoisotopic (exact) mass is 503 g/mol. The van der Waals surface area contributed by atoms with Crippen molar-refractivity contribution in [2.75, 3.05) is 7.11 Å². The van der Waals surface area contributed by atoms with Crippen molar-refractivity contribution in [2.24, 2.45) is 0 Å². The lowest BCUT2D eigenvalue weighted by Crippen LogP contribution is -2.34. The predicted molar refractivity (Wildman–Crippen MR) is 135 cm³/mol. The number of methoxy groups -OCH3 is 1. The van der Waals surface area contributed by atoms with Crippen LogP contribution in [0.15, 0.2) is 65.2 Å². The van der Waals surface area contributed by atoms with E-state index in [0.717, 1.165) is 28.3 Å². The standard InChI is InChI=1S/C28H26FN3O5/c1-16-6-4-5-7-21(16)22-10-9-19(13-20(22)15-36-3)28-31-26(32-37-28)18-8-11-23(24(29)14-18)27(35)30-17(2)12-25(33)34/h4-11,13-14,17H,12,15H2,1-3H3,(H,30,35)(H,33,34). The summed E-state index contributed by atoms with van der Waals surface area (Å²) < 4.78 is 25.6. The molecule has 1 atom stereocenters. The van der Waals surface area contributed by atoms with Gasteiger partial charge in [0.1, 0.15) is 5.82 Å². The molecule has 4 aromatic rings. The molecule has 0 bridgehead atoms. The van der Waals surface area contributed by atoms with E-state index >= 15 is 0 Å². The number of ether oxygens (including phenoxy) is 1. The van der Waals surface area contributed by atoms with Crippen LogP contribution >= 0.6 is 0 Å². The molecule has 0 aliphatic rings. The van der Waals surface area contributed by atoms with E-state index in [1.165, 1.54) is 19.1 Å². The zero-order valence-electron chi connectivity index (χ0n) is 20.6. The number of nitrogens with one attached hydrogen (secondary N) is 1. The minimum absolute atomic E-state index is 0.163. The highest BCUT2D eigenvalue weighted by Crippen LogP contribution is 2.32. The van der Waals surface area contributed by atoms with Crippen molar-refractivity contribution in [2.45, 2.75) is 32.9 Å². The van der Waals surface area contributed by atoms with Crippen molar-refractivity contribution >= 4 is 11.9 Å². The normalized spacial score (nSPS) is 11.8. The van der Waals surface area contributed by atoms with Gasteiger partial charge in [-0.2, -0.15) is 4.98 Å². The minimum Gasteiger partial charge on any atom is -0.481 e. The van der Waals surface area contributed by atoms with Crippen LogP contribution in [0.5, 0.6) is 0 Å². The van der Waals surface area contributed by atoms with Gasteiger partial charge in [0.05, 0.1) is 18.6 Å². The number of carboxylic acids is 1. The van der Waals surface area contributed by atoms with Crippen LogP contribution in [0.25, 0.3) is 34.0 Å². The van der Waals surface area contributed by atoms with E-state index in [0.29, 0.717) is 17.7 Å². The summed E-state index contributed by atoms with van der Waals surface area (Å²) in [6, 6.07) is 17.2. The Morgan fingerprint density at radius 3 is 2.54 bits per heavy atom. The van der Waals surface area contributed by atoms with Crippen LogP contribution < -0.4 is 5.32 Å². The minimum atomic E-state index is -1.06. The summed E-state index contributed by atoms with van der Waals surface area (Å²) in [5.41, 5.74) is 5.04. The highest BCUT2D eigenvalue weighted by atomic mass is 19.1. The molecule has 1 aromatic heterocycles. The molecule has 0 aliphatic heterocycles. The first-order valence-electron chi connectivity index (χ1n) is 11.6. The van der Waals surface area contributed by atoms with Crippen molar-refractivity contribution in [3.8, 4) is 34.0 Å². The van der Waals surface area contributed by atoms with E-state index in [4.69, 9.17) is 14.4 Å². The van der Waals surface area contributed by atoms with Crippen molar-refractivity contribution in [1.29, 1.82) is 0 Å². The highest BCUT2D eigenvalue weighted by Gasteiger charge is 2.19. The number of carboxylic acid groups (broad SMARTS) is 1. The van der Waals surface area contributed by atoms with Gasteiger partial charge in [-0.05, 0) is 60.4 Å². The Morgan fingerprint density at radius 2 is 1.84 bits per heavy atom. The number of benzene rings is 3. The Kier molecular flexibility index (Phi) is 7.74. The van der Waals surface area contributed by atoms with Gasteiger partial charge in [0, 0.05) is 24.3 Å². The molecule has 3 aromatic carbocycles. The summed E-state index contributed by atoms with van der Waals surface area (Å²) >= 11 is 0. The Labute approximate surface area is 213 Å². The largest absolute Gasteiger partial charge is 0.481 e. The molecule has 4 rings (SSSR count). The molecule has 0 spiro atoms. The molecule has 1 amide bonds. The molecular formula is C28H26FN3O5. The number of carbonyl (C=O) groups excluding carboxylic acids is 1. The summed E-state index contributed by atoms with van der Waals surface area (Å²) in [5.74, 6) is -2.12. The SMILES string of the molecule is COCc1cc(-c2nc(-c3ccc(C(=O)NC(C)CC(=O)O)c(F)c3)no2)ccc1-c1ccccc1C. The molecule has 0 saturated carbocycles. The lowest BCUT2D eigenvalue weighted by molar-refractivity contribution is -0.137. The number of hydrogen-bond donors (Lipinski definition) is 2. The van der Waals surface area contributed by atoms with Gasteiger partial charge in [0.15, 0.2) is 0 Å². The smallest absolute Gasteiger partial charge is 0.305 e. The number of halogens is 1. The highest BCUT2D eigenvalue weighted by molar-refractivity contribution is 5.95. The molecular weight excluding hydrogens is 477 g/mol. The Bertz CT molecular complexity index is 1450. The third kappa shape index (κ3) is 5.90. The summed E-state index contributed by atoms with van der Waals surface area (Å²) in [6.07, 6.45) is -0.269. The first-order valence-corrected chi connectivity index (χ1v) is 11.6. The molecule has 0 saturated heterocycles. The predicted octanol–water partition coefficient (Wildman–Crippen LogP) is 5.26. The first kappa shape index (κ1) is 25.7. The summed E-state index contributed by atoms with van der Waals surface area (Å²) in [5, 5.41) is 15.3. The topological polar surface area (TPSA) is 115 Å². The zero-order chi connectivity index (χ0) is 26.5. The summed E-state index contributed by atoms with van der Waals surface area (Å²) in [7, 11) is 1.63. The van der Waals surface area contributed by atoms with Gasteiger partial charge >= 0.3 is 5.97 Å². The molecule has 0 fully saturated rings. The first-order chi connectivity index (χ1) is 17.8. The number of aromatic nitrogens is 2. The molecule has 1 unspecified atom stereocenters. The molecule has 9 heteroatoms. The quantitative estimate of drug-likeness (QED) is 0.320. The van der Waals surface area contributed by atoms with Crippen LogP contribution in [-0.2, 0) is 16.1 Å². The average molecular weight is 504 g/mol. The summed E-state index contributed by atoms with van der Waals surface area (Å²) in [6.45, 7) is 3.97. The van der Waals surface area contributed by atoms with E-state index < -0.39 is 23.7 Å². The van der Waals surface area contributed by atoms with E-state index in [-0.39, 0.29) is 23.7 Å². The van der Waals surface area contributed by atoms with E-state index in [1.807, 2.05) is 30.3 Å². The Hall–Kier alpha value is -4.37. The van der Waals surface area contributed by atoms with Gasteiger partial charge in [0.2, 0.25) is 5.82 Å². The van der Waals surface area contributed by atoms with Gasteiger partial charge in [0.25, 0.3) is 11.8 Å². The number of carbonyl (C=O) groups is 2. The van der Waals surface area contributed by atoms with Crippen LogP contribution in [0.3, 0.4) is 0 Å². The van der Waals surface area contributed by atoms with Crippen LogP contribution in [0.2, 0.25) is 0 Å². The third-order valence-electron chi connectivity index (χ3n) is 5.84. The number of hydrogen-bond acceptors (Lipinski definition) is 6. The fraction of sp³-hybridized carbons (Fsp3) is 0.214. The Morgan fingerprint density at radius 1 is 1.08 bits per heavy atom. The average Bonchev–Trinajstić information content (AvgIpc) is 3.34.